The molecule has 2 aromatic rings. The highest BCUT2D eigenvalue weighted by Crippen LogP contribution is 2.23. The van der Waals surface area contributed by atoms with Crippen molar-refractivity contribution in [3.63, 3.8) is 0 Å². The molecule has 1 aromatic heterocycles. The van der Waals surface area contributed by atoms with E-state index in [4.69, 9.17) is 5.73 Å². The van der Waals surface area contributed by atoms with Crippen molar-refractivity contribution in [1.82, 2.24) is 4.57 Å². The minimum Gasteiger partial charge on any atom is -0.347 e. The van der Waals surface area contributed by atoms with Gasteiger partial charge in [0.15, 0.2) is 0 Å². The standard InChI is InChI=1S/C12H16N2/c1-3-14-8-7-10-5-4-6-11(9(2)13)12(10)14/h4-9H,3,13H2,1-2H3. The summed E-state index contributed by atoms with van der Waals surface area (Å²) in [6.45, 7) is 5.17. The Morgan fingerprint density at radius 2 is 2.14 bits per heavy atom. The van der Waals surface area contributed by atoms with Crippen LogP contribution in [0.5, 0.6) is 0 Å². The van der Waals surface area contributed by atoms with E-state index in [2.05, 4.69) is 42.0 Å². The lowest BCUT2D eigenvalue weighted by molar-refractivity contribution is 0.771. The summed E-state index contributed by atoms with van der Waals surface area (Å²) in [7, 11) is 0. The van der Waals surface area contributed by atoms with Crippen LogP contribution in [0, 0.1) is 0 Å². The third kappa shape index (κ3) is 1.32. The van der Waals surface area contributed by atoms with E-state index in [0.29, 0.717) is 0 Å². The first-order valence-electron chi connectivity index (χ1n) is 5.07. The molecular weight excluding hydrogens is 172 g/mol. The Bertz CT molecular complexity index is 441. The monoisotopic (exact) mass is 188 g/mol. The molecule has 1 heterocycles. The number of hydrogen-bond acceptors (Lipinski definition) is 1. The van der Waals surface area contributed by atoms with Crippen molar-refractivity contribution in [2.24, 2.45) is 5.73 Å². The Balaban J connectivity index is 2.75. The van der Waals surface area contributed by atoms with E-state index in [1.807, 2.05) is 6.92 Å². The summed E-state index contributed by atoms with van der Waals surface area (Å²) in [6.07, 6.45) is 2.12. The Hall–Kier alpha value is -1.28. The second-order valence-corrected chi connectivity index (χ2v) is 3.68. The molecule has 74 valence electrons. The van der Waals surface area contributed by atoms with E-state index in [-0.39, 0.29) is 6.04 Å². The maximum absolute atomic E-state index is 5.95. The second kappa shape index (κ2) is 3.46. The van der Waals surface area contributed by atoms with E-state index < -0.39 is 0 Å². The zero-order chi connectivity index (χ0) is 10.1. The molecule has 14 heavy (non-hydrogen) atoms. The largest absolute Gasteiger partial charge is 0.347 e. The minimum atomic E-state index is 0.0962. The average Bonchev–Trinajstić information content (AvgIpc) is 2.59. The van der Waals surface area contributed by atoms with Crippen LogP contribution in [0.25, 0.3) is 10.9 Å². The Kier molecular flexibility index (Phi) is 2.30. The molecule has 0 aliphatic carbocycles. The van der Waals surface area contributed by atoms with Gasteiger partial charge in [-0.05, 0) is 30.9 Å². The third-order valence-electron chi connectivity index (χ3n) is 2.65. The van der Waals surface area contributed by atoms with Gasteiger partial charge >= 0.3 is 0 Å². The van der Waals surface area contributed by atoms with Gasteiger partial charge in [0.05, 0.1) is 5.52 Å². The van der Waals surface area contributed by atoms with Crippen LogP contribution < -0.4 is 5.73 Å². The smallest absolute Gasteiger partial charge is 0.0528 e. The molecule has 0 aliphatic heterocycles. The van der Waals surface area contributed by atoms with Crippen molar-refractivity contribution in [3.8, 4) is 0 Å². The van der Waals surface area contributed by atoms with E-state index in [0.717, 1.165) is 6.54 Å². The lowest BCUT2D eigenvalue weighted by Gasteiger charge is -2.10. The number of aromatic nitrogens is 1. The van der Waals surface area contributed by atoms with Gasteiger partial charge in [-0.3, -0.25) is 0 Å². The molecule has 1 atom stereocenters. The lowest BCUT2D eigenvalue weighted by atomic mass is 10.1. The summed E-state index contributed by atoms with van der Waals surface area (Å²) in [5, 5.41) is 1.28. The minimum absolute atomic E-state index is 0.0962. The zero-order valence-corrected chi connectivity index (χ0v) is 8.70. The van der Waals surface area contributed by atoms with E-state index in [9.17, 15) is 0 Å². The first-order chi connectivity index (χ1) is 6.74. The molecule has 2 heteroatoms. The van der Waals surface area contributed by atoms with E-state index >= 15 is 0 Å². The summed E-state index contributed by atoms with van der Waals surface area (Å²) >= 11 is 0. The van der Waals surface area contributed by atoms with Gasteiger partial charge < -0.3 is 10.3 Å². The molecule has 1 unspecified atom stereocenters. The number of rotatable bonds is 2. The lowest BCUT2D eigenvalue weighted by Crippen LogP contribution is -2.07. The molecule has 0 saturated heterocycles. The summed E-state index contributed by atoms with van der Waals surface area (Å²) in [5.41, 5.74) is 8.46. The molecule has 2 N–H and O–H groups in total. The fourth-order valence-corrected chi connectivity index (χ4v) is 1.92. The topological polar surface area (TPSA) is 30.9 Å². The quantitative estimate of drug-likeness (QED) is 0.771. The van der Waals surface area contributed by atoms with Crippen molar-refractivity contribution < 1.29 is 0 Å². The molecule has 2 nitrogen and oxygen atoms in total. The predicted octanol–water partition coefficient (Wildman–Crippen LogP) is 2.68. The first kappa shape index (κ1) is 9.28. The molecule has 2 rings (SSSR count). The van der Waals surface area contributed by atoms with Gasteiger partial charge in [0.25, 0.3) is 0 Å². The first-order valence-corrected chi connectivity index (χ1v) is 5.07. The van der Waals surface area contributed by atoms with Crippen LogP contribution in [0.15, 0.2) is 30.5 Å². The molecule has 0 saturated carbocycles. The van der Waals surface area contributed by atoms with Crippen LogP contribution in [0.1, 0.15) is 25.5 Å². The third-order valence-corrected chi connectivity index (χ3v) is 2.65. The van der Waals surface area contributed by atoms with Crippen LogP contribution in [-0.2, 0) is 6.54 Å². The van der Waals surface area contributed by atoms with Crippen LogP contribution in [0.2, 0.25) is 0 Å². The number of nitrogens with two attached hydrogens (primary N) is 1. The van der Waals surface area contributed by atoms with Gasteiger partial charge in [-0.25, -0.2) is 0 Å². The van der Waals surface area contributed by atoms with Gasteiger partial charge in [0.2, 0.25) is 0 Å². The average molecular weight is 188 g/mol. The highest BCUT2D eigenvalue weighted by molar-refractivity contribution is 5.83. The summed E-state index contributed by atoms with van der Waals surface area (Å²) < 4.78 is 2.24. The molecule has 1 aromatic carbocycles. The predicted molar refractivity (Wildman–Crippen MR) is 60.2 cm³/mol. The van der Waals surface area contributed by atoms with Crippen LogP contribution in [-0.4, -0.2) is 4.57 Å². The molecule has 0 spiro atoms. The maximum Gasteiger partial charge on any atom is 0.0528 e. The fourth-order valence-electron chi connectivity index (χ4n) is 1.92. The number of nitrogens with zero attached hydrogens (tertiary/aromatic N) is 1. The number of hydrogen-bond donors (Lipinski definition) is 1. The number of fused-ring (bicyclic) bond motifs is 1. The van der Waals surface area contributed by atoms with Gasteiger partial charge in [-0.15, -0.1) is 0 Å². The summed E-state index contributed by atoms with van der Waals surface area (Å²) in [4.78, 5) is 0. The Morgan fingerprint density at radius 1 is 1.36 bits per heavy atom. The van der Waals surface area contributed by atoms with Crippen molar-refractivity contribution in [2.45, 2.75) is 26.4 Å². The molecule has 0 radical (unpaired) electrons. The van der Waals surface area contributed by atoms with Crippen molar-refractivity contribution in [1.29, 1.82) is 0 Å². The maximum atomic E-state index is 5.95. The number of para-hydroxylation sites is 1. The van der Waals surface area contributed by atoms with Crippen molar-refractivity contribution >= 4 is 10.9 Å². The van der Waals surface area contributed by atoms with Gasteiger partial charge in [-0.2, -0.15) is 0 Å². The number of aryl methyl sites for hydroxylation is 1. The van der Waals surface area contributed by atoms with Crippen molar-refractivity contribution in [3.05, 3.63) is 36.0 Å². The fraction of sp³-hybridized carbons (Fsp3) is 0.333. The zero-order valence-electron chi connectivity index (χ0n) is 8.70. The summed E-state index contributed by atoms with van der Waals surface area (Å²) in [5.74, 6) is 0. The van der Waals surface area contributed by atoms with Crippen LogP contribution in [0.3, 0.4) is 0 Å². The second-order valence-electron chi connectivity index (χ2n) is 3.68. The van der Waals surface area contributed by atoms with Crippen LogP contribution >= 0.6 is 0 Å². The SMILES string of the molecule is CCn1ccc2cccc(C(C)N)c21. The molecule has 0 amide bonds. The Labute approximate surface area is 84.3 Å². The van der Waals surface area contributed by atoms with E-state index in [1.165, 1.54) is 16.5 Å². The molecule has 0 aliphatic rings. The number of benzene rings is 1. The molecule has 0 bridgehead atoms. The Morgan fingerprint density at radius 3 is 2.79 bits per heavy atom. The molecular formula is C12H16N2. The van der Waals surface area contributed by atoms with Gasteiger partial charge in [0, 0.05) is 18.8 Å². The highest BCUT2D eigenvalue weighted by atomic mass is 14.9. The normalized spacial score (nSPS) is 13.4. The molecule has 0 fully saturated rings. The van der Waals surface area contributed by atoms with Crippen LogP contribution in [0.4, 0.5) is 0 Å². The highest BCUT2D eigenvalue weighted by Gasteiger charge is 2.08. The summed E-state index contributed by atoms with van der Waals surface area (Å²) in [6, 6.07) is 8.55. The van der Waals surface area contributed by atoms with Gasteiger partial charge in [-0.1, -0.05) is 18.2 Å². The van der Waals surface area contributed by atoms with E-state index in [1.54, 1.807) is 0 Å². The van der Waals surface area contributed by atoms with Gasteiger partial charge in [0.1, 0.15) is 0 Å². The van der Waals surface area contributed by atoms with Crippen molar-refractivity contribution in [2.75, 3.05) is 0 Å².